The van der Waals surface area contributed by atoms with E-state index in [2.05, 4.69) is 45.6 Å². The molecule has 1 heterocycles. The molecule has 0 fully saturated rings. The van der Waals surface area contributed by atoms with E-state index in [1.54, 1.807) is 26.1 Å². The van der Waals surface area contributed by atoms with Crippen LogP contribution in [0.1, 0.15) is 31.0 Å². The summed E-state index contributed by atoms with van der Waals surface area (Å²) in [5.74, 6) is -0.0545. The number of urea groups is 1. The number of hydrogen-bond donors (Lipinski definition) is 0. The first kappa shape index (κ1) is 25.9. The number of unbranched alkanes of at least 4 members (excludes halogenated alkanes) is 1. The summed E-state index contributed by atoms with van der Waals surface area (Å²) in [5.41, 5.74) is 2.26. The third-order valence-corrected chi connectivity index (χ3v) is 5.75. The lowest BCUT2D eigenvalue weighted by atomic mass is 10.2. The van der Waals surface area contributed by atoms with Gasteiger partial charge in [0.15, 0.2) is 0 Å². The predicted octanol–water partition coefficient (Wildman–Crippen LogP) is 4.06. The van der Waals surface area contributed by atoms with Crippen molar-refractivity contribution in [3.05, 3.63) is 58.3 Å². The van der Waals surface area contributed by atoms with E-state index in [9.17, 15) is 9.59 Å². The Morgan fingerprint density at radius 3 is 2.41 bits per heavy atom. The third-order valence-electron chi connectivity index (χ3n) is 5.22. The maximum absolute atomic E-state index is 13.2. The fourth-order valence-corrected chi connectivity index (χ4v) is 3.62. The Labute approximate surface area is 200 Å². The molecule has 0 saturated heterocycles. The van der Waals surface area contributed by atoms with Crippen LogP contribution in [0.4, 0.5) is 4.79 Å². The number of hydrogen-bond acceptors (Lipinski definition) is 3. The maximum atomic E-state index is 13.2. The lowest BCUT2D eigenvalue weighted by Gasteiger charge is -2.29. The minimum atomic E-state index is -0.190. The van der Waals surface area contributed by atoms with Crippen molar-refractivity contribution in [3.63, 3.8) is 0 Å². The van der Waals surface area contributed by atoms with Gasteiger partial charge in [-0.3, -0.25) is 4.79 Å². The standard InChI is InChI=1S/C24H35BrN4O3/c1-5-6-13-28(23(30)19-29(15-16-32-4)24(31)26(2)3)18-22-8-7-14-27(22)17-20-9-11-21(25)12-10-20/h7-12,14H,5-6,13,15-19H2,1-4H3. The van der Waals surface area contributed by atoms with E-state index in [0.717, 1.165) is 29.6 Å². The Bertz CT molecular complexity index is 851. The van der Waals surface area contributed by atoms with E-state index in [-0.39, 0.29) is 18.5 Å². The van der Waals surface area contributed by atoms with Crippen molar-refractivity contribution in [2.75, 3.05) is 47.4 Å². The second kappa shape index (κ2) is 13.3. The fraction of sp³-hybridized carbons (Fsp3) is 0.500. The van der Waals surface area contributed by atoms with Gasteiger partial charge in [-0.15, -0.1) is 0 Å². The quantitative estimate of drug-likeness (QED) is 0.436. The van der Waals surface area contributed by atoms with Crippen molar-refractivity contribution in [1.29, 1.82) is 0 Å². The van der Waals surface area contributed by atoms with Crippen molar-refractivity contribution in [2.24, 2.45) is 0 Å². The summed E-state index contributed by atoms with van der Waals surface area (Å²) in [5, 5.41) is 0. The van der Waals surface area contributed by atoms with Crippen LogP contribution in [0.25, 0.3) is 0 Å². The van der Waals surface area contributed by atoms with Gasteiger partial charge in [0.25, 0.3) is 0 Å². The van der Waals surface area contributed by atoms with Gasteiger partial charge in [-0.05, 0) is 36.2 Å². The highest BCUT2D eigenvalue weighted by atomic mass is 79.9. The Kier molecular flexibility index (Phi) is 10.8. The summed E-state index contributed by atoms with van der Waals surface area (Å²) in [7, 11) is 4.97. The van der Waals surface area contributed by atoms with Gasteiger partial charge in [-0.2, -0.15) is 0 Å². The van der Waals surface area contributed by atoms with Crippen molar-refractivity contribution < 1.29 is 14.3 Å². The summed E-state index contributed by atoms with van der Waals surface area (Å²) in [6, 6.07) is 12.1. The number of amides is 3. The smallest absolute Gasteiger partial charge is 0.320 e. The molecular weight excluding hydrogens is 472 g/mol. The van der Waals surface area contributed by atoms with Gasteiger partial charge in [0, 0.05) is 57.2 Å². The highest BCUT2D eigenvalue weighted by Crippen LogP contribution is 2.15. The molecule has 0 bridgehead atoms. The first-order valence-corrected chi connectivity index (χ1v) is 11.8. The Hall–Kier alpha value is -2.32. The number of aromatic nitrogens is 1. The van der Waals surface area contributed by atoms with Crippen LogP contribution in [0.15, 0.2) is 47.1 Å². The van der Waals surface area contributed by atoms with Crippen molar-refractivity contribution in [3.8, 4) is 0 Å². The van der Waals surface area contributed by atoms with E-state index in [1.165, 1.54) is 10.5 Å². The van der Waals surface area contributed by atoms with Crippen LogP contribution in [0, 0.1) is 0 Å². The Morgan fingerprint density at radius 1 is 1.06 bits per heavy atom. The SMILES string of the molecule is CCCCN(Cc1cccn1Cc1ccc(Br)cc1)C(=O)CN(CCOC)C(=O)N(C)C. The van der Waals surface area contributed by atoms with Crippen LogP contribution in [0.2, 0.25) is 0 Å². The summed E-state index contributed by atoms with van der Waals surface area (Å²) in [4.78, 5) is 30.7. The molecule has 8 heteroatoms. The predicted molar refractivity (Wildman–Crippen MR) is 131 cm³/mol. The number of ether oxygens (including phenoxy) is 1. The molecule has 7 nitrogen and oxygen atoms in total. The van der Waals surface area contributed by atoms with Gasteiger partial charge in [0.1, 0.15) is 6.54 Å². The van der Waals surface area contributed by atoms with E-state index < -0.39 is 0 Å². The van der Waals surface area contributed by atoms with Crippen molar-refractivity contribution in [2.45, 2.75) is 32.9 Å². The first-order chi connectivity index (χ1) is 15.3. The average molecular weight is 507 g/mol. The number of methoxy groups -OCH3 is 1. The van der Waals surface area contributed by atoms with E-state index >= 15 is 0 Å². The molecule has 0 spiro atoms. The topological polar surface area (TPSA) is 58.0 Å². The summed E-state index contributed by atoms with van der Waals surface area (Å²) < 4.78 is 8.35. The van der Waals surface area contributed by atoms with Crippen LogP contribution in [0.3, 0.4) is 0 Å². The fourth-order valence-electron chi connectivity index (χ4n) is 3.36. The highest BCUT2D eigenvalue weighted by molar-refractivity contribution is 9.10. The zero-order valence-electron chi connectivity index (χ0n) is 19.6. The molecule has 0 aliphatic carbocycles. The van der Waals surface area contributed by atoms with Crippen LogP contribution in [0.5, 0.6) is 0 Å². The van der Waals surface area contributed by atoms with Gasteiger partial charge in [-0.1, -0.05) is 41.4 Å². The van der Waals surface area contributed by atoms with E-state index in [4.69, 9.17) is 4.74 Å². The molecule has 2 rings (SSSR count). The zero-order chi connectivity index (χ0) is 23.5. The van der Waals surface area contributed by atoms with Gasteiger partial charge >= 0.3 is 6.03 Å². The molecular formula is C24H35BrN4O3. The molecule has 2 aromatic rings. The molecule has 0 saturated carbocycles. The van der Waals surface area contributed by atoms with Crippen molar-refractivity contribution >= 4 is 27.9 Å². The third kappa shape index (κ3) is 7.98. The zero-order valence-corrected chi connectivity index (χ0v) is 21.2. The lowest BCUT2D eigenvalue weighted by molar-refractivity contribution is -0.132. The molecule has 0 aliphatic heterocycles. The number of rotatable bonds is 12. The second-order valence-electron chi connectivity index (χ2n) is 8.01. The molecule has 0 radical (unpaired) electrons. The molecule has 0 atom stereocenters. The number of carbonyl (C=O) groups is 2. The molecule has 1 aromatic heterocycles. The Morgan fingerprint density at radius 2 is 1.78 bits per heavy atom. The minimum Gasteiger partial charge on any atom is -0.383 e. The van der Waals surface area contributed by atoms with Crippen molar-refractivity contribution in [1.82, 2.24) is 19.3 Å². The lowest BCUT2D eigenvalue weighted by Crippen LogP contribution is -2.47. The van der Waals surface area contributed by atoms with Gasteiger partial charge < -0.3 is 24.0 Å². The molecule has 0 unspecified atom stereocenters. The van der Waals surface area contributed by atoms with Crippen LogP contribution in [-0.2, 0) is 22.6 Å². The van der Waals surface area contributed by atoms with Gasteiger partial charge in [0.2, 0.25) is 5.91 Å². The average Bonchev–Trinajstić information content (AvgIpc) is 3.21. The molecule has 32 heavy (non-hydrogen) atoms. The molecule has 0 N–H and O–H groups in total. The largest absolute Gasteiger partial charge is 0.383 e. The van der Waals surface area contributed by atoms with Crippen LogP contribution < -0.4 is 0 Å². The number of halogens is 1. The number of carbonyl (C=O) groups excluding carboxylic acids is 2. The van der Waals surface area contributed by atoms with E-state index in [0.29, 0.717) is 26.2 Å². The first-order valence-electron chi connectivity index (χ1n) is 11.0. The van der Waals surface area contributed by atoms with Crippen LogP contribution in [-0.4, -0.2) is 78.7 Å². The monoisotopic (exact) mass is 506 g/mol. The number of benzene rings is 1. The summed E-state index contributed by atoms with van der Waals surface area (Å²) >= 11 is 3.47. The van der Waals surface area contributed by atoms with Gasteiger partial charge in [0.05, 0.1) is 13.2 Å². The second-order valence-corrected chi connectivity index (χ2v) is 8.93. The van der Waals surface area contributed by atoms with Crippen LogP contribution >= 0.6 is 15.9 Å². The molecule has 0 aliphatic rings. The normalized spacial score (nSPS) is 10.8. The summed E-state index contributed by atoms with van der Waals surface area (Å²) in [6.45, 7) is 4.82. The minimum absolute atomic E-state index is 0.0392. The highest BCUT2D eigenvalue weighted by Gasteiger charge is 2.23. The molecule has 3 amide bonds. The maximum Gasteiger partial charge on any atom is 0.320 e. The molecule has 1 aromatic carbocycles. The molecule has 176 valence electrons. The van der Waals surface area contributed by atoms with E-state index in [1.807, 2.05) is 29.3 Å². The Balaban J connectivity index is 2.13. The summed E-state index contributed by atoms with van der Waals surface area (Å²) in [6.07, 6.45) is 3.95. The van der Waals surface area contributed by atoms with Gasteiger partial charge in [-0.25, -0.2) is 4.79 Å². The number of nitrogens with zero attached hydrogens (tertiary/aromatic N) is 4.